The van der Waals surface area contributed by atoms with Crippen molar-refractivity contribution in [3.8, 4) is 0 Å². The van der Waals surface area contributed by atoms with E-state index >= 15 is 0 Å². The first-order valence-corrected chi connectivity index (χ1v) is 9.58. The van der Waals surface area contributed by atoms with E-state index in [2.05, 4.69) is 15.5 Å². The maximum atomic E-state index is 12.5. The van der Waals surface area contributed by atoms with Crippen molar-refractivity contribution >= 4 is 40.8 Å². The van der Waals surface area contributed by atoms with Gasteiger partial charge in [-0.2, -0.15) is 0 Å². The second-order valence-corrected chi connectivity index (χ2v) is 8.11. The van der Waals surface area contributed by atoms with Crippen LogP contribution in [0.4, 0.5) is 0 Å². The Morgan fingerprint density at radius 1 is 1.29 bits per heavy atom. The molecule has 1 amide bonds. The van der Waals surface area contributed by atoms with E-state index in [1.165, 1.54) is 23.1 Å². The Bertz CT molecular complexity index is 613. The van der Waals surface area contributed by atoms with Crippen LogP contribution in [0.5, 0.6) is 0 Å². The molecule has 1 aromatic carbocycles. The van der Waals surface area contributed by atoms with E-state index in [1.807, 2.05) is 36.6 Å². The van der Waals surface area contributed by atoms with Gasteiger partial charge in [0.05, 0.1) is 0 Å². The Labute approximate surface area is 136 Å². The molecule has 0 bridgehead atoms. The molecule has 3 rings (SSSR count). The van der Waals surface area contributed by atoms with Crippen LogP contribution in [0.1, 0.15) is 23.7 Å². The molecule has 0 aliphatic heterocycles. The van der Waals surface area contributed by atoms with Crippen LogP contribution in [-0.4, -0.2) is 28.4 Å². The summed E-state index contributed by atoms with van der Waals surface area (Å²) in [7, 11) is 0. The van der Waals surface area contributed by atoms with E-state index in [9.17, 15) is 4.79 Å². The third-order valence-electron chi connectivity index (χ3n) is 3.05. The normalized spacial score (nSPS) is 15.7. The van der Waals surface area contributed by atoms with Gasteiger partial charge in [0, 0.05) is 6.04 Å². The quantitative estimate of drug-likeness (QED) is 0.819. The molecule has 21 heavy (non-hydrogen) atoms. The summed E-state index contributed by atoms with van der Waals surface area (Å²) < 4.78 is 1.76. The molecule has 0 saturated heterocycles. The largest absolute Gasteiger partial charge is 0.352 e. The first kappa shape index (κ1) is 14.9. The van der Waals surface area contributed by atoms with Gasteiger partial charge < -0.3 is 5.32 Å². The maximum absolute atomic E-state index is 12.5. The minimum Gasteiger partial charge on any atom is -0.352 e. The topological polar surface area (TPSA) is 54.9 Å². The molecule has 7 heteroatoms. The van der Waals surface area contributed by atoms with Crippen molar-refractivity contribution in [2.45, 2.75) is 32.8 Å². The highest BCUT2D eigenvalue weighted by Gasteiger charge is 2.29. The second kappa shape index (κ2) is 6.81. The van der Waals surface area contributed by atoms with E-state index in [4.69, 9.17) is 0 Å². The number of thioether (sulfide) groups is 2. The number of rotatable bonds is 6. The Balaban J connectivity index is 1.79. The highest BCUT2D eigenvalue weighted by molar-refractivity contribution is 8.03. The third-order valence-corrected chi connectivity index (χ3v) is 6.28. The van der Waals surface area contributed by atoms with Crippen LogP contribution in [0.25, 0.3) is 0 Å². The van der Waals surface area contributed by atoms with Crippen molar-refractivity contribution in [1.82, 2.24) is 15.5 Å². The number of hydrogen-bond acceptors (Lipinski definition) is 6. The lowest BCUT2D eigenvalue weighted by Gasteiger charge is -2.15. The Morgan fingerprint density at radius 3 is 2.62 bits per heavy atom. The number of carbonyl (C=O) groups excluding carboxylic acids is 1. The number of nitrogens with one attached hydrogen (secondary N) is 1. The fourth-order valence-corrected chi connectivity index (χ4v) is 4.47. The van der Waals surface area contributed by atoms with Crippen molar-refractivity contribution in [1.29, 1.82) is 0 Å². The van der Waals surface area contributed by atoms with Gasteiger partial charge in [0.1, 0.15) is 5.25 Å². The van der Waals surface area contributed by atoms with E-state index < -0.39 is 0 Å². The van der Waals surface area contributed by atoms with Gasteiger partial charge >= 0.3 is 0 Å². The van der Waals surface area contributed by atoms with Gasteiger partial charge in [-0.05, 0) is 24.7 Å². The van der Waals surface area contributed by atoms with E-state index in [0.717, 1.165) is 27.1 Å². The summed E-state index contributed by atoms with van der Waals surface area (Å²) in [5.41, 5.74) is 1.00. The van der Waals surface area contributed by atoms with Gasteiger partial charge in [-0.25, -0.2) is 0 Å². The maximum Gasteiger partial charge on any atom is 0.238 e. The van der Waals surface area contributed by atoms with Crippen LogP contribution in [0, 0.1) is 0 Å². The minimum absolute atomic E-state index is 0.0644. The van der Waals surface area contributed by atoms with Gasteiger partial charge in [-0.3, -0.25) is 4.79 Å². The Morgan fingerprint density at radius 2 is 2.00 bits per heavy atom. The SMILES string of the molecule is CSc1nnc(SC(C(=O)NC2CC2)c2ccccc2)s1. The fourth-order valence-electron chi connectivity index (χ4n) is 1.83. The zero-order valence-electron chi connectivity index (χ0n) is 11.5. The lowest BCUT2D eigenvalue weighted by molar-refractivity contribution is -0.120. The number of aromatic nitrogens is 2. The van der Waals surface area contributed by atoms with Crippen LogP contribution >= 0.6 is 34.9 Å². The Kier molecular flexibility index (Phi) is 4.82. The first-order valence-electron chi connectivity index (χ1n) is 6.65. The molecule has 1 fully saturated rings. The predicted octanol–water partition coefficient (Wildman–Crippen LogP) is 3.37. The molecule has 1 aliphatic rings. The summed E-state index contributed by atoms with van der Waals surface area (Å²) >= 11 is 4.58. The van der Waals surface area contributed by atoms with Gasteiger partial charge in [-0.1, -0.05) is 65.2 Å². The van der Waals surface area contributed by atoms with E-state index in [1.54, 1.807) is 11.8 Å². The van der Waals surface area contributed by atoms with Crippen molar-refractivity contribution < 1.29 is 4.79 Å². The highest BCUT2D eigenvalue weighted by atomic mass is 32.2. The van der Waals surface area contributed by atoms with Gasteiger partial charge in [0.2, 0.25) is 5.91 Å². The summed E-state index contributed by atoms with van der Waals surface area (Å²) in [6.45, 7) is 0. The van der Waals surface area contributed by atoms with Crippen molar-refractivity contribution in [3.05, 3.63) is 35.9 Å². The molecule has 0 radical (unpaired) electrons. The third kappa shape index (κ3) is 3.99. The van der Waals surface area contributed by atoms with E-state index in [-0.39, 0.29) is 11.2 Å². The van der Waals surface area contributed by atoms with Crippen LogP contribution < -0.4 is 5.32 Å². The summed E-state index contributed by atoms with van der Waals surface area (Å²) in [5, 5.41) is 11.1. The van der Waals surface area contributed by atoms with Crippen molar-refractivity contribution in [2.75, 3.05) is 6.26 Å². The van der Waals surface area contributed by atoms with E-state index in [0.29, 0.717) is 6.04 Å². The van der Waals surface area contributed by atoms with Gasteiger partial charge in [0.25, 0.3) is 0 Å². The molecule has 1 heterocycles. The van der Waals surface area contributed by atoms with Gasteiger partial charge in [-0.15, -0.1) is 10.2 Å². The Hall–Kier alpha value is -1.05. The number of amides is 1. The summed E-state index contributed by atoms with van der Waals surface area (Å²) in [6, 6.07) is 10.2. The first-order chi connectivity index (χ1) is 10.3. The van der Waals surface area contributed by atoms with Crippen LogP contribution in [0.3, 0.4) is 0 Å². The highest BCUT2D eigenvalue weighted by Crippen LogP contribution is 2.38. The number of carbonyl (C=O) groups is 1. The average Bonchev–Trinajstić information content (AvgIpc) is 3.21. The van der Waals surface area contributed by atoms with Crippen molar-refractivity contribution in [2.24, 2.45) is 0 Å². The molecule has 1 aromatic heterocycles. The summed E-state index contributed by atoms with van der Waals surface area (Å²) in [4.78, 5) is 12.5. The molecule has 2 aromatic rings. The zero-order chi connectivity index (χ0) is 14.7. The number of nitrogens with zero attached hydrogens (tertiary/aromatic N) is 2. The monoisotopic (exact) mass is 337 g/mol. The molecule has 110 valence electrons. The average molecular weight is 337 g/mol. The molecule has 1 N–H and O–H groups in total. The lowest BCUT2D eigenvalue weighted by atomic mass is 10.1. The fraction of sp³-hybridized carbons (Fsp3) is 0.357. The minimum atomic E-state index is -0.269. The molecular weight excluding hydrogens is 322 g/mol. The standard InChI is InChI=1S/C14H15N3OS3/c1-19-13-16-17-14(21-13)20-11(9-5-3-2-4-6-9)12(18)15-10-7-8-10/h2-6,10-11H,7-8H2,1H3,(H,15,18). The lowest BCUT2D eigenvalue weighted by Crippen LogP contribution is -2.29. The zero-order valence-corrected chi connectivity index (χ0v) is 13.9. The van der Waals surface area contributed by atoms with Crippen molar-refractivity contribution in [3.63, 3.8) is 0 Å². The molecule has 1 atom stereocenters. The summed E-state index contributed by atoms with van der Waals surface area (Å²) in [5.74, 6) is 0.0644. The molecule has 4 nitrogen and oxygen atoms in total. The van der Waals surface area contributed by atoms with Crippen LogP contribution in [0.15, 0.2) is 39.0 Å². The molecule has 1 saturated carbocycles. The predicted molar refractivity (Wildman–Crippen MR) is 87.9 cm³/mol. The molecule has 1 aliphatic carbocycles. The number of hydrogen-bond donors (Lipinski definition) is 1. The van der Waals surface area contributed by atoms with Crippen LogP contribution in [0.2, 0.25) is 0 Å². The smallest absolute Gasteiger partial charge is 0.238 e. The second-order valence-electron chi connectivity index (χ2n) is 4.73. The molecule has 0 spiro atoms. The molecule has 1 unspecified atom stereocenters. The number of benzene rings is 1. The van der Waals surface area contributed by atoms with Crippen LogP contribution in [-0.2, 0) is 4.79 Å². The van der Waals surface area contributed by atoms with Gasteiger partial charge in [0.15, 0.2) is 8.68 Å². The summed E-state index contributed by atoms with van der Waals surface area (Å²) in [6.07, 6.45) is 4.16. The molecular formula is C14H15N3OS3.